The molecule has 1 amide bonds. The largest absolute Gasteiger partial charge is 0.346 e. The van der Waals surface area contributed by atoms with Gasteiger partial charge in [0.25, 0.3) is 12.3 Å². The van der Waals surface area contributed by atoms with Gasteiger partial charge in [-0.25, -0.2) is 18.7 Å². The number of nitriles is 1. The van der Waals surface area contributed by atoms with Gasteiger partial charge in [0.05, 0.1) is 29.9 Å². The summed E-state index contributed by atoms with van der Waals surface area (Å²) in [6.45, 7) is 2.90. The average Bonchev–Trinajstić information content (AvgIpc) is 3.64. The summed E-state index contributed by atoms with van der Waals surface area (Å²) in [6.07, 6.45) is 6.39. The van der Waals surface area contributed by atoms with Gasteiger partial charge in [-0.2, -0.15) is 10.4 Å². The predicted molar refractivity (Wildman–Crippen MR) is 153 cm³/mol. The summed E-state index contributed by atoms with van der Waals surface area (Å²) in [6, 6.07) is 9.09. The van der Waals surface area contributed by atoms with E-state index >= 15 is 0 Å². The topological polar surface area (TPSA) is 110 Å². The number of benzene rings is 1. The van der Waals surface area contributed by atoms with E-state index in [2.05, 4.69) is 31.0 Å². The number of halogens is 2. The molecule has 218 valence electrons. The van der Waals surface area contributed by atoms with Crippen LogP contribution in [0.5, 0.6) is 0 Å². The summed E-state index contributed by atoms with van der Waals surface area (Å²) in [5.41, 5.74) is 2.92. The highest BCUT2D eigenvalue weighted by Crippen LogP contribution is 2.45. The number of nitrogens with zero attached hydrogens (tertiary/aromatic N) is 8. The second-order valence-electron chi connectivity index (χ2n) is 11.6. The van der Waals surface area contributed by atoms with Crippen molar-refractivity contribution in [3.63, 3.8) is 0 Å². The van der Waals surface area contributed by atoms with Crippen LogP contribution in [0.3, 0.4) is 0 Å². The molecule has 1 aliphatic heterocycles. The van der Waals surface area contributed by atoms with Gasteiger partial charge in [-0.05, 0) is 56.8 Å². The molecule has 0 bridgehead atoms. The number of aromatic amines is 1. The van der Waals surface area contributed by atoms with Crippen molar-refractivity contribution in [2.75, 3.05) is 40.3 Å². The smallest absolute Gasteiger partial charge is 0.263 e. The number of hydrogen-bond donors (Lipinski definition) is 1. The highest BCUT2D eigenvalue weighted by Gasteiger charge is 2.49. The predicted octanol–water partition coefficient (Wildman–Crippen LogP) is 4.05. The monoisotopic (exact) mass is 573 g/mol. The molecular weight excluding hydrogens is 540 g/mol. The van der Waals surface area contributed by atoms with Gasteiger partial charge in [0, 0.05) is 73.2 Å². The van der Waals surface area contributed by atoms with Gasteiger partial charge >= 0.3 is 0 Å². The molecular formula is C30H33F2N9O. The molecule has 0 radical (unpaired) electrons. The molecule has 6 rings (SSSR count). The van der Waals surface area contributed by atoms with E-state index < -0.39 is 12.0 Å². The molecule has 0 unspecified atom stereocenters. The summed E-state index contributed by atoms with van der Waals surface area (Å²) >= 11 is 0. The van der Waals surface area contributed by atoms with Crippen LogP contribution in [0.25, 0.3) is 22.3 Å². The molecule has 2 aliphatic rings. The van der Waals surface area contributed by atoms with Gasteiger partial charge in [-0.3, -0.25) is 14.4 Å². The Labute approximate surface area is 242 Å². The second-order valence-corrected chi connectivity index (χ2v) is 11.6. The zero-order valence-electron chi connectivity index (χ0n) is 23.7. The van der Waals surface area contributed by atoms with Crippen molar-refractivity contribution in [1.29, 1.82) is 5.26 Å². The van der Waals surface area contributed by atoms with Crippen LogP contribution in [0.15, 0.2) is 49.2 Å². The molecule has 0 spiro atoms. The molecule has 2 fully saturated rings. The van der Waals surface area contributed by atoms with Crippen molar-refractivity contribution in [1.82, 2.24) is 39.4 Å². The number of carbonyl (C=O) groups is 1. The fraction of sp³-hybridized carbons (Fsp3) is 0.433. The number of nitrogens with one attached hydrogen (secondary N) is 1. The molecule has 1 saturated heterocycles. The number of carbonyl (C=O) groups excluding carboxylic acids is 1. The van der Waals surface area contributed by atoms with Crippen LogP contribution >= 0.6 is 0 Å². The van der Waals surface area contributed by atoms with Gasteiger partial charge in [-0.1, -0.05) is 0 Å². The van der Waals surface area contributed by atoms with E-state index in [4.69, 9.17) is 0 Å². The molecule has 4 heterocycles. The van der Waals surface area contributed by atoms with Gasteiger partial charge in [0.15, 0.2) is 0 Å². The van der Waals surface area contributed by atoms with E-state index in [1.807, 2.05) is 42.1 Å². The quantitative estimate of drug-likeness (QED) is 0.339. The Morgan fingerprint density at radius 1 is 1.19 bits per heavy atom. The summed E-state index contributed by atoms with van der Waals surface area (Å²) in [7, 11) is 3.73. The Balaban J connectivity index is 1.11. The zero-order chi connectivity index (χ0) is 29.4. The van der Waals surface area contributed by atoms with Crippen LogP contribution in [-0.4, -0.2) is 91.7 Å². The summed E-state index contributed by atoms with van der Waals surface area (Å²) < 4.78 is 29.0. The summed E-state index contributed by atoms with van der Waals surface area (Å²) in [4.78, 5) is 31.2. The SMILES string of the molecule is CN(C)Cc1cc(C(=O)N2CCN(C3CC(CC#N)(n4cc(-c5ncnc6[nH]ccc56)cn4)C3)CC2)cc(C(F)F)c1. The number of amides is 1. The lowest BCUT2D eigenvalue weighted by Gasteiger charge is -2.52. The van der Waals surface area contributed by atoms with E-state index in [0.29, 0.717) is 50.3 Å². The third-order valence-corrected chi connectivity index (χ3v) is 8.47. The first-order valence-corrected chi connectivity index (χ1v) is 14.1. The van der Waals surface area contributed by atoms with Crippen LogP contribution < -0.4 is 0 Å². The number of alkyl halides is 2. The Bertz CT molecular complexity index is 1620. The van der Waals surface area contributed by atoms with Gasteiger partial charge in [0.1, 0.15) is 12.0 Å². The van der Waals surface area contributed by atoms with E-state index in [1.54, 1.807) is 17.2 Å². The Kier molecular flexibility index (Phi) is 7.47. The van der Waals surface area contributed by atoms with Gasteiger partial charge in [-0.15, -0.1) is 0 Å². The number of fused-ring (bicyclic) bond motifs is 1. The van der Waals surface area contributed by atoms with E-state index in [1.165, 1.54) is 18.5 Å². The molecule has 10 nitrogen and oxygen atoms in total. The Hall–Kier alpha value is -4.21. The van der Waals surface area contributed by atoms with E-state index in [-0.39, 0.29) is 17.5 Å². The molecule has 42 heavy (non-hydrogen) atoms. The van der Waals surface area contributed by atoms with Crippen molar-refractivity contribution in [3.05, 3.63) is 65.9 Å². The molecule has 1 saturated carbocycles. The first-order valence-electron chi connectivity index (χ1n) is 14.1. The minimum Gasteiger partial charge on any atom is -0.346 e. The summed E-state index contributed by atoms with van der Waals surface area (Å²) in [5.74, 6) is -0.213. The van der Waals surface area contributed by atoms with E-state index in [9.17, 15) is 18.8 Å². The molecule has 4 aromatic rings. The van der Waals surface area contributed by atoms with E-state index in [0.717, 1.165) is 35.1 Å². The molecule has 0 atom stereocenters. The Morgan fingerprint density at radius 3 is 2.69 bits per heavy atom. The highest BCUT2D eigenvalue weighted by atomic mass is 19.3. The minimum absolute atomic E-state index is 0.126. The molecule has 1 aliphatic carbocycles. The van der Waals surface area contributed by atoms with Gasteiger partial charge < -0.3 is 14.8 Å². The third kappa shape index (κ3) is 5.26. The number of rotatable bonds is 8. The van der Waals surface area contributed by atoms with Crippen LogP contribution in [-0.2, 0) is 12.1 Å². The lowest BCUT2D eigenvalue weighted by molar-refractivity contribution is -0.0158. The zero-order valence-corrected chi connectivity index (χ0v) is 23.7. The number of aromatic nitrogens is 5. The van der Waals surface area contributed by atoms with Crippen molar-refractivity contribution in [3.8, 4) is 17.3 Å². The van der Waals surface area contributed by atoms with Crippen LogP contribution in [0.2, 0.25) is 0 Å². The third-order valence-electron chi connectivity index (χ3n) is 8.47. The maximum atomic E-state index is 13.6. The van der Waals surface area contributed by atoms with Crippen molar-refractivity contribution in [2.24, 2.45) is 0 Å². The second kappa shape index (κ2) is 11.2. The number of piperazine rings is 1. The normalized spacial score (nSPS) is 21.2. The Morgan fingerprint density at radius 2 is 1.98 bits per heavy atom. The van der Waals surface area contributed by atoms with Crippen LogP contribution in [0.4, 0.5) is 8.78 Å². The molecule has 1 N–H and O–H groups in total. The first kappa shape index (κ1) is 27.9. The highest BCUT2D eigenvalue weighted by molar-refractivity contribution is 5.94. The lowest BCUT2D eigenvalue weighted by Crippen LogP contribution is -2.60. The van der Waals surface area contributed by atoms with Crippen LogP contribution in [0.1, 0.15) is 47.2 Å². The minimum atomic E-state index is -2.63. The maximum Gasteiger partial charge on any atom is 0.263 e. The first-order chi connectivity index (χ1) is 20.3. The number of hydrogen-bond acceptors (Lipinski definition) is 7. The van der Waals surface area contributed by atoms with Crippen molar-refractivity contribution >= 4 is 16.9 Å². The van der Waals surface area contributed by atoms with Crippen molar-refractivity contribution < 1.29 is 13.6 Å². The maximum absolute atomic E-state index is 13.6. The van der Waals surface area contributed by atoms with Crippen LogP contribution in [0, 0.1) is 11.3 Å². The average molecular weight is 574 g/mol. The standard InChI is InChI=1S/C30H33F2N9O/c1-38(2)17-20-11-21(27(31)32)13-22(12-20)29(42)40-9-7-39(8-10-40)24-14-30(15-24,4-5-33)41-18-23(16-37-41)26-25-3-6-34-28(25)36-19-35-26/h3,6,11-13,16,18-19,24,27H,4,7-10,14-15,17H2,1-2H3,(H,34,35,36). The number of H-pyrrole nitrogens is 1. The molecule has 3 aromatic heterocycles. The van der Waals surface area contributed by atoms with Gasteiger partial charge in [0.2, 0.25) is 0 Å². The fourth-order valence-electron chi connectivity index (χ4n) is 6.34. The summed E-state index contributed by atoms with van der Waals surface area (Å²) in [5, 5.41) is 15.2. The fourth-order valence-corrected chi connectivity index (χ4v) is 6.34. The molecule has 1 aromatic carbocycles. The van der Waals surface area contributed by atoms with Crippen molar-refractivity contribution in [2.45, 2.75) is 43.8 Å². The molecule has 12 heteroatoms. The lowest BCUT2D eigenvalue weighted by atomic mass is 9.70.